The zero-order valence-electron chi connectivity index (χ0n) is 13.9. The standard InChI is InChI=1S/C20H20N2O2S/c1-3-13-21-18(23)15-17(19(24)22(14-4-2)20(21)25)12-8-11-16-9-6-5-7-10-16/h3-12H,1-2,13-15H2/b11-8+,17-12-. The van der Waals surface area contributed by atoms with Crippen LogP contribution in [0.25, 0.3) is 6.08 Å². The second kappa shape index (κ2) is 8.89. The molecule has 25 heavy (non-hydrogen) atoms. The van der Waals surface area contributed by atoms with Crippen molar-refractivity contribution < 1.29 is 9.59 Å². The molecule has 2 amide bonds. The molecule has 1 aromatic rings. The second-order valence-corrected chi connectivity index (χ2v) is 5.78. The summed E-state index contributed by atoms with van der Waals surface area (Å²) in [5.74, 6) is -0.494. The van der Waals surface area contributed by atoms with Crippen molar-refractivity contribution in [2.75, 3.05) is 13.1 Å². The summed E-state index contributed by atoms with van der Waals surface area (Å²) < 4.78 is 0. The molecule has 0 radical (unpaired) electrons. The molecule has 1 aliphatic heterocycles. The largest absolute Gasteiger partial charge is 0.285 e. The van der Waals surface area contributed by atoms with Crippen molar-refractivity contribution in [3.63, 3.8) is 0 Å². The van der Waals surface area contributed by atoms with E-state index in [0.717, 1.165) is 5.56 Å². The highest BCUT2D eigenvalue weighted by Gasteiger charge is 2.33. The van der Waals surface area contributed by atoms with Crippen LogP contribution in [0, 0.1) is 0 Å². The number of thiocarbonyl (C=S) groups is 1. The molecule has 0 saturated carbocycles. The maximum Gasteiger partial charge on any atom is 0.256 e. The summed E-state index contributed by atoms with van der Waals surface area (Å²) >= 11 is 5.33. The fraction of sp³-hybridized carbons (Fsp3) is 0.150. The van der Waals surface area contributed by atoms with Crippen molar-refractivity contribution >= 4 is 35.2 Å². The van der Waals surface area contributed by atoms with Gasteiger partial charge in [-0.1, -0.05) is 60.7 Å². The first kappa shape index (κ1) is 18.5. The molecule has 2 rings (SSSR count). The van der Waals surface area contributed by atoms with Crippen molar-refractivity contribution in [3.8, 4) is 0 Å². The highest BCUT2D eigenvalue weighted by molar-refractivity contribution is 7.80. The Bertz CT molecular complexity index is 750. The van der Waals surface area contributed by atoms with Gasteiger partial charge in [-0.05, 0) is 17.8 Å². The summed E-state index contributed by atoms with van der Waals surface area (Å²) in [6, 6.07) is 9.72. The zero-order chi connectivity index (χ0) is 18.2. The van der Waals surface area contributed by atoms with Gasteiger partial charge in [0.05, 0.1) is 6.42 Å². The molecule has 0 unspecified atom stereocenters. The van der Waals surface area contributed by atoms with Gasteiger partial charge in [-0.15, -0.1) is 13.2 Å². The van der Waals surface area contributed by atoms with Gasteiger partial charge in [0, 0.05) is 18.7 Å². The van der Waals surface area contributed by atoms with E-state index in [-0.39, 0.29) is 36.4 Å². The molecule has 0 spiro atoms. The van der Waals surface area contributed by atoms with Crippen LogP contribution in [0.5, 0.6) is 0 Å². The number of allylic oxidation sites excluding steroid dienone is 2. The van der Waals surface area contributed by atoms with Crippen LogP contribution in [0.2, 0.25) is 0 Å². The molecule has 128 valence electrons. The van der Waals surface area contributed by atoms with Crippen LogP contribution >= 0.6 is 12.2 Å². The topological polar surface area (TPSA) is 40.6 Å². The Morgan fingerprint density at radius 1 is 1.04 bits per heavy atom. The van der Waals surface area contributed by atoms with E-state index in [0.29, 0.717) is 5.57 Å². The molecular weight excluding hydrogens is 332 g/mol. The number of hydrogen-bond donors (Lipinski definition) is 0. The van der Waals surface area contributed by atoms with E-state index in [9.17, 15) is 9.59 Å². The highest BCUT2D eigenvalue weighted by Crippen LogP contribution is 2.18. The minimum absolute atomic E-state index is 0.000411. The fourth-order valence-corrected chi connectivity index (χ4v) is 2.75. The minimum Gasteiger partial charge on any atom is -0.285 e. The number of hydrogen-bond acceptors (Lipinski definition) is 3. The number of carbonyl (C=O) groups is 2. The summed E-state index contributed by atoms with van der Waals surface area (Å²) in [4.78, 5) is 28.0. The molecule has 1 heterocycles. The van der Waals surface area contributed by atoms with E-state index >= 15 is 0 Å². The second-order valence-electron chi connectivity index (χ2n) is 5.42. The molecule has 0 aromatic heterocycles. The van der Waals surface area contributed by atoms with Gasteiger partial charge in [0.2, 0.25) is 5.91 Å². The molecule has 0 atom stereocenters. The zero-order valence-corrected chi connectivity index (χ0v) is 14.7. The van der Waals surface area contributed by atoms with Crippen LogP contribution in [-0.2, 0) is 9.59 Å². The van der Waals surface area contributed by atoms with Gasteiger partial charge in [-0.25, -0.2) is 0 Å². The molecule has 0 bridgehead atoms. The number of amides is 2. The molecule has 1 aliphatic rings. The Hall–Kier alpha value is -2.79. The first-order valence-electron chi connectivity index (χ1n) is 7.88. The smallest absolute Gasteiger partial charge is 0.256 e. The van der Waals surface area contributed by atoms with Crippen molar-refractivity contribution in [1.29, 1.82) is 0 Å². The van der Waals surface area contributed by atoms with E-state index in [1.807, 2.05) is 36.4 Å². The third-order valence-corrected chi connectivity index (χ3v) is 4.07. The van der Waals surface area contributed by atoms with Crippen LogP contribution in [0.3, 0.4) is 0 Å². The Labute approximate surface area is 153 Å². The summed E-state index contributed by atoms with van der Waals surface area (Å²) in [5, 5.41) is 0.185. The van der Waals surface area contributed by atoms with Gasteiger partial charge in [-0.2, -0.15) is 0 Å². The lowest BCUT2D eigenvalue weighted by atomic mass is 10.1. The molecule has 0 N–H and O–H groups in total. The third-order valence-electron chi connectivity index (χ3n) is 3.63. The lowest BCUT2D eigenvalue weighted by Gasteiger charge is -2.26. The Balaban J connectivity index is 2.32. The normalized spacial score (nSPS) is 17.3. The summed E-state index contributed by atoms with van der Waals surface area (Å²) in [6.45, 7) is 7.82. The minimum atomic E-state index is -0.275. The van der Waals surface area contributed by atoms with Crippen LogP contribution in [0.1, 0.15) is 12.0 Å². The summed E-state index contributed by atoms with van der Waals surface area (Å²) in [6.07, 6.45) is 8.50. The van der Waals surface area contributed by atoms with Crippen LogP contribution in [-0.4, -0.2) is 39.8 Å². The predicted octanol–water partition coefficient (Wildman–Crippen LogP) is 3.34. The Morgan fingerprint density at radius 3 is 2.32 bits per heavy atom. The van der Waals surface area contributed by atoms with E-state index in [1.165, 1.54) is 9.80 Å². The van der Waals surface area contributed by atoms with Gasteiger partial charge in [0.15, 0.2) is 5.11 Å². The van der Waals surface area contributed by atoms with Gasteiger partial charge in [0.1, 0.15) is 0 Å². The average molecular weight is 352 g/mol. The van der Waals surface area contributed by atoms with Crippen molar-refractivity contribution in [2.24, 2.45) is 0 Å². The molecule has 0 aliphatic carbocycles. The first-order chi connectivity index (χ1) is 12.1. The lowest BCUT2D eigenvalue weighted by molar-refractivity contribution is -0.126. The quantitative estimate of drug-likeness (QED) is 0.448. The third kappa shape index (κ3) is 4.61. The van der Waals surface area contributed by atoms with Gasteiger partial charge in [0.25, 0.3) is 5.91 Å². The van der Waals surface area contributed by atoms with Crippen LogP contribution < -0.4 is 0 Å². The van der Waals surface area contributed by atoms with Gasteiger partial charge >= 0.3 is 0 Å². The predicted molar refractivity (Wildman–Crippen MR) is 105 cm³/mol. The van der Waals surface area contributed by atoms with E-state index in [1.54, 1.807) is 24.3 Å². The summed E-state index contributed by atoms with van der Waals surface area (Å²) in [5.41, 5.74) is 1.41. The molecular formula is C20H20N2O2S. The highest BCUT2D eigenvalue weighted by atomic mass is 32.1. The van der Waals surface area contributed by atoms with E-state index in [4.69, 9.17) is 12.2 Å². The van der Waals surface area contributed by atoms with E-state index < -0.39 is 0 Å². The van der Waals surface area contributed by atoms with Gasteiger partial charge in [-0.3, -0.25) is 19.4 Å². The molecule has 1 fully saturated rings. The first-order valence-corrected chi connectivity index (χ1v) is 8.29. The number of carbonyl (C=O) groups excluding carboxylic acids is 2. The van der Waals surface area contributed by atoms with Crippen molar-refractivity contribution in [3.05, 3.63) is 78.9 Å². The Kier molecular flexibility index (Phi) is 6.60. The Morgan fingerprint density at radius 2 is 1.68 bits per heavy atom. The van der Waals surface area contributed by atoms with Crippen LogP contribution in [0.15, 0.2) is 73.4 Å². The van der Waals surface area contributed by atoms with Gasteiger partial charge < -0.3 is 0 Å². The maximum absolute atomic E-state index is 12.8. The monoisotopic (exact) mass is 352 g/mol. The number of rotatable bonds is 6. The maximum atomic E-state index is 12.8. The van der Waals surface area contributed by atoms with Crippen LogP contribution in [0.4, 0.5) is 0 Å². The SMILES string of the molecule is C=CCN1C(=O)C/C(=C/C=C/c2ccccc2)C(=O)N(CC=C)C1=S. The van der Waals surface area contributed by atoms with Crippen molar-refractivity contribution in [1.82, 2.24) is 9.80 Å². The molecule has 1 saturated heterocycles. The number of benzene rings is 1. The van der Waals surface area contributed by atoms with Crippen molar-refractivity contribution in [2.45, 2.75) is 6.42 Å². The fourth-order valence-electron chi connectivity index (χ4n) is 2.42. The molecule has 4 nitrogen and oxygen atoms in total. The number of nitrogens with zero attached hydrogens (tertiary/aromatic N) is 2. The lowest BCUT2D eigenvalue weighted by Crippen LogP contribution is -2.45. The summed E-state index contributed by atoms with van der Waals surface area (Å²) in [7, 11) is 0. The molecule has 5 heteroatoms. The average Bonchev–Trinajstić information content (AvgIpc) is 2.69. The molecule has 1 aromatic carbocycles. The van der Waals surface area contributed by atoms with E-state index in [2.05, 4.69) is 13.2 Å².